The smallest absolute Gasteiger partial charge is 0.133 e. The zero-order valence-corrected chi connectivity index (χ0v) is 9.76. The summed E-state index contributed by atoms with van der Waals surface area (Å²) < 4.78 is 26.1. The highest BCUT2D eigenvalue weighted by molar-refractivity contribution is 5.50. The number of nitrogens with one attached hydrogen (secondary N) is 1. The summed E-state index contributed by atoms with van der Waals surface area (Å²) in [5, 5.41) is 3.40. The lowest BCUT2D eigenvalue weighted by Crippen LogP contribution is -2.25. The molecule has 0 amide bonds. The highest BCUT2D eigenvalue weighted by atomic mass is 19.1. The van der Waals surface area contributed by atoms with Gasteiger partial charge < -0.3 is 5.32 Å². The molecule has 0 spiro atoms. The van der Waals surface area contributed by atoms with Crippen LogP contribution in [0.5, 0.6) is 0 Å². The molecular formula is C14H17F2N. The molecule has 1 unspecified atom stereocenters. The van der Waals surface area contributed by atoms with Crippen molar-refractivity contribution in [2.45, 2.75) is 31.7 Å². The summed E-state index contributed by atoms with van der Waals surface area (Å²) in [5.41, 5.74) is 0.442. The number of benzene rings is 1. The third-order valence-corrected chi connectivity index (χ3v) is 3.07. The minimum Gasteiger partial charge on any atom is -0.311 e. The molecule has 2 rings (SSSR count). The van der Waals surface area contributed by atoms with Gasteiger partial charge in [0.25, 0.3) is 0 Å². The molecule has 1 fully saturated rings. The van der Waals surface area contributed by atoms with E-state index in [9.17, 15) is 8.78 Å². The monoisotopic (exact) mass is 237 g/mol. The van der Waals surface area contributed by atoms with Gasteiger partial charge in [0.05, 0.1) is 0 Å². The molecule has 1 aromatic carbocycles. The van der Waals surface area contributed by atoms with E-state index in [1.807, 2.05) is 6.08 Å². The van der Waals surface area contributed by atoms with E-state index in [0.29, 0.717) is 11.6 Å². The third kappa shape index (κ3) is 3.63. The number of rotatable bonds is 2. The predicted octanol–water partition coefficient (Wildman–Crippen LogP) is 3.51. The Kier molecular flexibility index (Phi) is 4.26. The fraction of sp³-hybridized carbons (Fsp3) is 0.429. The molecular weight excluding hydrogens is 220 g/mol. The summed E-state index contributed by atoms with van der Waals surface area (Å²) in [4.78, 5) is 0. The van der Waals surface area contributed by atoms with Crippen LogP contribution in [-0.2, 0) is 0 Å². The van der Waals surface area contributed by atoms with Gasteiger partial charge in [-0.25, -0.2) is 8.78 Å². The van der Waals surface area contributed by atoms with E-state index < -0.39 is 11.6 Å². The Morgan fingerprint density at radius 2 is 2.06 bits per heavy atom. The van der Waals surface area contributed by atoms with Gasteiger partial charge >= 0.3 is 0 Å². The number of hydrogen-bond donors (Lipinski definition) is 1. The van der Waals surface area contributed by atoms with Gasteiger partial charge in [0.2, 0.25) is 0 Å². The topological polar surface area (TPSA) is 12.0 Å². The molecule has 0 bridgehead atoms. The maximum Gasteiger partial charge on any atom is 0.133 e. The van der Waals surface area contributed by atoms with Gasteiger partial charge in [-0.15, -0.1) is 0 Å². The van der Waals surface area contributed by atoms with Crippen molar-refractivity contribution in [1.29, 1.82) is 0 Å². The summed E-state index contributed by atoms with van der Waals surface area (Å²) >= 11 is 0. The van der Waals surface area contributed by atoms with Crippen LogP contribution in [0.3, 0.4) is 0 Å². The average Bonchev–Trinajstić information content (AvgIpc) is 2.56. The molecule has 17 heavy (non-hydrogen) atoms. The Morgan fingerprint density at radius 3 is 2.88 bits per heavy atom. The third-order valence-electron chi connectivity index (χ3n) is 3.07. The maximum absolute atomic E-state index is 13.4. The van der Waals surface area contributed by atoms with E-state index in [1.165, 1.54) is 31.4 Å². The van der Waals surface area contributed by atoms with Crippen molar-refractivity contribution >= 4 is 6.08 Å². The second-order valence-electron chi connectivity index (χ2n) is 4.43. The Morgan fingerprint density at radius 1 is 1.18 bits per heavy atom. The van der Waals surface area contributed by atoms with E-state index in [1.54, 1.807) is 6.08 Å². The minimum atomic E-state index is -0.535. The van der Waals surface area contributed by atoms with Crippen molar-refractivity contribution in [2.75, 3.05) is 6.54 Å². The van der Waals surface area contributed by atoms with Crippen LogP contribution in [0.1, 0.15) is 31.2 Å². The minimum absolute atomic E-state index is 0.307. The quantitative estimate of drug-likeness (QED) is 0.830. The molecule has 1 saturated heterocycles. The first-order valence-electron chi connectivity index (χ1n) is 6.12. The molecule has 1 aliphatic heterocycles. The van der Waals surface area contributed by atoms with Crippen LogP contribution in [0.25, 0.3) is 6.08 Å². The highest BCUT2D eigenvalue weighted by Gasteiger charge is 2.08. The first kappa shape index (κ1) is 12.2. The summed E-state index contributed by atoms with van der Waals surface area (Å²) in [7, 11) is 0. The molecule has 0 radical (unpaired) electrons. The van der Waals surface area contributed by atoms with E-state index >= 15 is 0 Å². The molecule has 1 N–H and O–H groups in total. The highest BCUT2D eigenvalue weighted by Crippen LogP contribution is 2.14. The van der Waals surface area contributed by atoms with Crippen LogP contribution in [0, 0.1) is 11.6 Å². The molecule has 1 nitrogen and oxygen atoms in total. The van der Waals surface area contributed by atoms with Gasteiger partial charge in [-0.1, -0.05) is 25.0 Å². The van der Waals surface area contributed by atoms with Crippen molar-refractivity contribution in [1.82, 2.24) is 5.32 Å². The van der Waals surface area contributed by atoms with Gasteiger partial charge in [0, 0.05) is 17.7 Å². The van der Waals surface area contributed by atoms with Crippen molar-refractivity contribution < 1.29 is 8.78 Å². The number of hydrogen-bond acceptors (Lipinski definition) is 1. The maximum atomic E-state index is 13.4. The number of halogens is 2. The second-order valence-corrected chi connectivity index (χ2v) is 4.43. The summed E-state index contributed by atoms with van der Waals surface area (Å²) in [6.45, 7) is 1.01. The molecule has 1 aromatic rings. The van der Waals surface area contributed by atoms with Crippen LogP contribution in [-0.4, -0.2) is 12.6 Å². The van der Waals surface area contributed by atoms with Crippen LogP contribution in [0.4, 0.5) is 8.78 Å². The van der Waals surface area contributed by atoms with Crippen LogP contribution < -0.4 is 5.32 Å². The van der Waals surface area contributed by atoms with E-state index in [2.05, 4.69) is 5.32 Å². The van der Waals surface area contributed by atoms with Gasteiger partial charge in [-0.3, -0.25) is 0 Å². The predicted molar refractivity (Wildman–Crippen MR) is 65.7 cm³/mol. The van der Waals surface area contributed by atoms with Crippen molar-refractivity contribution in [2.24, 2.45) is 0 Å². The van der Waals surface area contributed by atoms with Crippen molar-refractivity contribution in [3.8, 4) is 0 Å². The molecule has 1 aliphatic rings. The Hall–Kier alpha value is -1.22. The zero-order chi connectivity index (χ0) is 12.1. The van der Waals surface area contributed by atoms with Crippen LogP contribution >= 0.6 is 0 Å². The lowest BCUT2D eigenvalue weighted by atomic mass is 10.1. The van der Waals surface area contributed by atoms with E-state index in [0.717, 1.165) is 19.0 Å². The van der Waals surface area contributed by atoms with Gasteiger partial charge in [0.1, 0.15) is 11.6 Å². The van der Waals surface area contributed by atoms with Crippen LogP contribution in [0.2, 0.25) is 0 Å². The van der Waals surface area contributed by atoms with Crippen molar-refractivity contribution in [3.63, 3.8) is 0 Å². The molecule has 92 valence electrons. The SMILES string of the molecule is Fc1ccc(/C=C/C2CCCCCN2)c(F)c1. The second kappa shape index (κ2) is 5.92. The zero-order valence-electron chi connectivity index (χ0n) is 9.76. The van der Waals surface area contributed by atoms with Crippen LogP contribution in [0.15, 0.2) is 24.3 Å². The fourth-order valence-corrected chi connectivity index (χ4v) is 2.08. The molecule has 3 heteroatoms. The fourth-order valence-electron chi connectivity index (χ4n) is 2.08. The molecule has 1 heterocycles. The Labute approximate surface area is 101 Å². The normalized spacial score (nSPS) is 21.6. The molecule has 0 saturated carbocycles. The Bertz CT molecular complexity index is 393. The summed E-state index contributed by atoms with van der Waals surface area (Å²) in [5.74, 6) is -1.04. The standard InChI is InChI=1S/C14H17F2N/c15-12-7-5-11(14(16)10-12)6-8-13-4-2-1-3-9-17-13/h5-8,10,13,17H,1-4,9H2/b8-6+. The van der Waals surface area contributed by atoms with Gasteiger partial charge in [0.15, 0.2) is 0 Å². The largest absolute Gasteiger partial charge is 0.311 e. The lowest BCUT2D eigenvalue weighted by molar-refractivity contribution is 0.580. The first-order valence-corrected chi connectivity index (χ1v) is 6.12. The summed E-state index contributed by atoms with van der Waals surface area (Å²) in [6.07, 6.45) is 8.45. The lowest BCUT2D eigenvalue weighted by Gasteiger charge is -2.10. The average molecular weight is 237 g/mol. The van der Waals surface area contributed by atoms with E-state index in [4.69, 9.17) is 0 Å². The first-order chi connectivity index (χ1) is 8.25. The van der Waals surface area contributed by atoms with Gasteiger partial charge in [-0.2, -0.15) is 0 Å². The summed E-state index contributed by atoms with van der Waals surface area (Å²) in [6, 6.07) is 3.98. The molecule has 0 aliphatic carbocycles. The molecule has 0 aromatic heterocycles. The van der Waals surface area contributed by atoms with Gasteiger partial charge in [-0.05, 0) is 31.5 Å². The van der Waals surface area contributed by atoms with E-state index in [-0.39, 0.29) is 0 Å². The Balaban J connectivity index is 2.03. The molecule has 1 atom stereocenters. The van der Waals surface area contributed by atoms with Crippen molar-refractivity contribution in [3.05, 3.63) is 41.5 Å².